The Balaban J connectivity index is 1.75. The third-order valence-corrected chi connectivity index (χ3v) is 5.95. The first kappa shape index (κ1) is 16.3. The van der Waals surface area contributed by atoms with Crippen LogP contribution in [0.4, 0.5) is 0 Å². The van der Waals surface area contributed by atoms with Gasteiger partial charge in [0.15, 0.2) is 0 Å². The van der Waals surface area contributed by atoms with Crippen LogP contribution in [0.1, 0.15) is 29.6 Å². The zero-order valence-corrected chi connectivity index (χ0v) is 15.1. The number of thioether (sulfide) groups is 1. The van der Waals surface area contributed by atoms with Crippen molar-refractivity contribution in [3.63, 3.8) is 0 Å². The average Bonchev–Trinajstić information content (AvgIpc) is 2.92. The van der Waals surface area contributed by atoms with Gasteiger partial charge in [0.25, 0.3) is 5.91 Å². The van der Waals surface area contributed by atoms with E-state index < -0.39 is 0 Å². The SMILES string of the molecule is O=C(c1cncc(Br)c1)N1CCCSC[C@H]1CN1CCCC1. The van der Waals surface area contributed by atoms with E-state index in [4.69, 9.17) is 0 Å². The molecule has 0 saturated carbocycles. The fraction of sp³-hybridized carbons (Fsp3) is 0.625. The second kappa shape index (κ2) is 7.79. The van der Waals surface area contributed by atoms with Crippen LogP contribution in [0.25, 0.3) is 0 Å². The summed E-state index contributed by atoms with van der Waals surface area (Å²) in [6.45, 7) is 4.24. The molecule has 120 valence electrons. The number of rotatable bonds is 3. The number of pyridine rings is 1. The van der Waals surface area contributed by atoms with E-state index in [-0.39, 0.29) is 5.91 Å². The molecule has 0 N–H and O–H groups in total. The fourth-order valence-electron chi connectivity index (χ4n) is 3.21. The lowest BCUT2D eigenvalue weighted by molar-refractivity contribution is 0.0666. The largest absolute Gasteiger partial charge is 0.333 e. The van der Waals surface area contributed by atoms with Crippen LogP contribution in [0.3, 0.4) is 0 Å². The number of carbonyl (C=O) groups excluding carboxylic acids is 1. The first-order valence-corrected chi connectivity index (χ1v) is 9.90. The van der Waals surface area contributed by atoms with E-state index in [1.807, 2.05) is 17.8 Å². The molecule has 2 aliphatic rings. The summed E-state index contributed by atoms with van der Waals surface area (Å²) in [5.74, 6) is 2.32. The molecule has 6 heteroatoms. The van der Waals surface area contributed by atoms with E-state index in [0.717, 1.165) is 35.5 Å². The molecule has 1 amide bonds. The molecule has 0 aliphatic carbocycles. The molecule has 3 rings (SSSR count). The highest BCUT2D eigenvalue weighted by Gasteiger charge is 2.29. The lowest BCUT2D eigenvalue weighted by atomic mass is 10.2. The Morgan fingerprint density at radius 1 is 1.27 bits per heavy atom. The molecule has 0 spiro atoms. The summed E-state index contributed by atoms with van der Waals surface area (Å²) in [6, 6.07) is 2.19. The van der Waals surface area contributed by atoms with Crippen molar-refractivity contribution >= 4 is 33.6 Å². The van der Waals surface area contributed by atoms with Gasteiger partial charge >= 0.3 is 0 Å². The number of hydrogen-bond donors (Lipinski definition) is 0. The van der Waals surface area contributed by atoms with Gasteiger partial charge in [0.2, 0.25) is 0 Å². The number of nitrogens with zero attached hydrogens (tertiary/aromatic N) is 3. The van der Waals surface area contributed by atoms with Gasteiger partial charge < -0.3 is 9.80 Å². The van der Waals surface area contributed by atoms with E-state index in [9.17, 15) is 4.79 Å². The highest BCUT2D eigenvalue weighted by Crippen LogP contribution is 2.22. The van der Waals surface area contributed by atoms with Crippen LogP contribution in [0.5, 0.6) is 0 Å². The summed E-state index contributed by atoms with van der Waals surface area (Å²) in [6.07, 6.45) is 7.07. The van der Waals surface area contributed by atoms with E-state index in [2.05, 4.69) is 30.7 Å². The van der Waals surface area contributed by atoms with Crippen molar-refractivity contribution in [3.8, 4) is 0 Å². The normalized spacial score (nSPS) is 23.5. The molecule has 0 bridgehead atoms. The second-order valence-electron chi connectivity index (χ2n) is 5.98. The first-order chi connectivity index (χ1) is 10.7. The maximum absolute atomic E-state index is 12.9. The molecule has 0 unspecified atom stereocenters. The topological polar surface area (TPSA) is 36.4 Å². The average molecular weight is 384 g/mol. The number of likely N-dealkylation sites (tertiary alicyclic amines) is 1. The minimum Gasteiger partial charge on any atom is -0.333 e. The van der Waals surface area contributed by atoms with E-state index in [0.29, 0.717) is 11.6 Å². The summed E-state index contributed by atoms with van der Waals surface area (Å²) in [7, 11) is 0. The van der Waals surface area contributed by atoms with Gasteiger partial charge in [-0.25, -0.2) is 0 Å². The third-order valence-electron chi connectivity index (χ3n) is 4.32. The van der Waals surface area contributed by atoms with Crippen molar-refractivity contribution in [2.75, 3.05) is 37.7 Å². The molecule has 4 nitrogen and oxygen atoms in total. The molecule has 1 aromatic rings. The van der Waals surface area contributed by atoms with Gasteiger partial charge in [-0.2, -0.15) is 11.8 Å². The zero-order chi connectivity index (χ0) is 15.4. The fourth-order valence-corrected chi connectivity index (χ4v) is 4.63. The maximum atomic E-state index is 12.9. The monoisotopic (exact) mass is 383 g/mol. The smallest absolute Gasteiger partial charge is 0.255 e. The van der Waals surface area contributed by atoms with E-state index in [1.165, 1.54) is 25.9 Å². The van der Waals surface area contributed by atoms with Crippen molar-refractivity contribution in [2.45, 2.75) is 25.3 Å². The predicted octanol–water partition coefficient (Wildman–Crippen LogP) is 2.89. The molecule has 2 aliphatic heterocycles. The number of amides is 1. The molecule has 3 heterocycles. The van der Waals surface area contributed by atoms with Gasteiger partial charge in [0, 0.05) is 35.7 Å². The van der Waals surface area contributed by atoms with Crippen LogP contribution in [0, 0.1) is 0 Å². The van der Waals surface area contributed by atoms with Crippen LogP contribution < -0.4 is 0 Å². The van der Waals surface area contributed by atoms with Gasteiger partial charge in [-0.3, -0.25) is 9.78 Å². The minimum absolute atomic E-state index is 0.125. The van der Waals surface area contributed by atoms with Gasteiger partial charge in [-0.05, 0) is 60.1 Å². The Bertz CT molecular complexity index is 522. The summed E-state index contributed by atoms with van der Waals surface area (Å²) in [5.41, 5.74) is 0.688. The molecular formula is C16H22BrN3OS. The Morgan fingerprint density at radius 2 is 2.09 bits per heavy atom. The Kier molecular flexibility index (Phi) is 5.77. The van der Waals surface area contributed by atoms with Crippen LogP contribution >= 0.6 is 27.7 Å². The molecular weight excluding hydrogens is 362 g/mol. The van der Waals surface area contributed by atoms with Gasteiger partial charge in [0.05, 0.1) is 11.6 Å². The van der Waals surface area contributed by atoms with Crippen molar-refractivity contribution < 1.29 is 4.79 Å². The zero-order valence-electron chi connectivity index (χ0n) is 12.7. The van der Waals surface area contributed by atoms with Crippen molar-refractivity contribution in [3.05, 3.63) is 28.5 Å². The first-order valence-electron chi connectivity index (χ1n) is 7.95. The van der Waals surface area contributed by atoms with Crippen molar-refractivity contribution in [1.82, 2.24) is 14.8 Å². The number of halogens is 1. The summed E-state index contributed by atoms with van der Waals surface area (Å²) in [5, 5.41) is 0. The molecule has 0 radical (unpaired) electrons. The van der Waals surface area contributed by atoms with Gasteiger partial charge in [-0.1, -0.05) is 0 Å². The minimum atomic E-state index is 0.125. The molecule has 22 heavy (non-hydrogen) atoms. The standard InChI is InChI=1S/C16H22BrN3OS/c17-14-8-13(9-18-10-14)16(21)20-6-3-7-22-12-15(20)11-19-4-1-2-5-19/h8-10,15H,1-7,11-12H2/t15-/m1/s1. The lowest BCUT2D eigenvalue weighted by Gasteiger charge is -2.32. The van der Waals surface area contributed by atoms with Crippen molar-refractivity contribution in [1.29, 1.82) is 0 Å². The Hall–Kier alpha value is -0.590. The van der Waals surface area contributed by atoms with Crippen LogP contribution in [-0.4, -0.2) is 64.4 Å². The summed E-state index contributed by atoms with van der Waals surface area (Å²) in [4.78, 5) is 21.7. The summed E-state index contributed by atoms with van der Waals surface area (Å²) >= 11 is 5.39. The lowest BCUT2D eigenvalue weighted by Crippen LogP contribution is -2.47. The molecule has 2 fully saturated rings. The third kappa shape index (κ3) is 4.03. The number of hydrogen-bond acceptors (Lipinski definition) is 4. The molecule has 0 aromatic carbocycles. The van der Waals surface area contributed by atoms with Crippen LogP contribution in [-0.2, 0) is 0 Å². The number of carbonyl (C=O) groups is 1. The van der Waals surface area contributed by atoms with E-state index >= 15 is 0 Å². The van der Waals surface area contributed by atoms with E-state index in [1.54, 1.807) is 12.4 Å². The van der Waals surface area contributed by atoms with Gasteiger partial charge in [-0.15, -0.1) is 0 Å². The molecule has 1 atom stereocenters. The van der Waals surface area contributed by atoms with Gasteiger partial charge in [0.1, 0.15) is 0 Å². The van der Waals surface area contributed by atoms with Crippen molar-refractivity contribution in [2.24, 2.45) is 0 Å². The Labute approximate surface area is 144 Å². The quantitative estimate of drug-likeness (QED) is 0.803. The second-order valence-corrected chi connectivity index (χ2v) is 8.05. The maximum Gasteiger partial charge on any atom is 0.255 e. The Morgan fingerprint density at radius 3 is 2.86 bits per heavy atom. The molecule has 1 aromatic heterocycles. The molecule has 2 saturated heterocycles. The number of aromatic nitrogens is 1. The summed E-state index contributed by atoms with van der Waals surface area (Å²) < 4.78 is 0.860. The van der Waals surface area contributed by atoms with Crippen LogP contribution in [0.2, 0.25) is 0 Å². The predicted molar refractivity (Wildman–Crippen MR) is 94.4 cm³/mol. The highest BCUT2D eigenvalue weighted by atomic mass is 79.9. The highest BCUT2D eigenvalue weighted by molar-refractivity contribution is 9.10. The van der Waals surface area contributed by atoms with Crippen LogP contribution in [0.15, 0.2) is 22.9 Å².